The van der Waals surface area contributed by atoms with Gasteiger partial charge in [0, 0.05) is 31.6 Å². The van der Waals surface area contributed by atoms with Gasteiger partial charge in [0.15, 0.2) is 9.84 Å². The fraction of sp³-hybridized carbons (Fsp3) is 0.250. The number of benzene rings is 2. The van der Waals surface area contributed by atoms with Gasteiger partial charge in [-0.1, -0.05) is 12.1 Å². The monoisotopic (exact) mass is 453 g/mol. The molecule has 6 nitrogen and oxygen atoms in total. The lowest BCUT2D eigenvalue weighted by atomic mass is 10.0. The van der Waals surface area contributed by atoms with Crippen LogP contribution in [0.3, 0.4) is 0 Å². The minimum atomic E-state index is -3.30. The minimum Gasteiger partial charge on any atom is -0.324 e. The van der Waals surface area contributed by atoms with E-state index in [-0.39, 0.29) is 17.1 Å². The van der Waals surface area contributed by atoms with E-state index in [1.165, 1.54) is 23.0 Å². The maximum absolute atomic E-state index is 13.3. The van der Waals surface area contributed by atoms with Crippen LogP contribution in [-0.2, 0) is 29.2 Å². The third-order valence-corrected chi connectivity index (χ3v) is 6.33. The van der Waals surface area contributed by atoms with Crippen LogP contribution in [0.5, 0.6) is 0 Å². The molecular weight excluding hydrogens is 429 g/mol. The second-order valence-electron chi connectivity index (χ2n) is 8.27. The summed E-state index contributed by atoms with van der Waals surface area (Å²) in [6.45, 7) is 4.09. The number of pyridine rings is 1. The standard InChI is InChI=1S/C24H24FN3O3S/c1-15-9-19(13-27(3)24(15)29)18-10-20(14-32(4,30)31)23-22(11-18)28(16(2)26-23)12-17-5-7-21(25)8-6-17/h5-11,13H,12,14H2,1-4H3. The Labute approximate surface area is 185 Å². The van der Waals surface area contributed by atoms with Gasteiger partial charge in [-0.25, -0.2) is 17.8 Å². The first-order chi connectivity index (χ1) is 15.0. The van der Waals surface area contributed by atoms with E-state index in [9.17, 15) is 17.6 Å². The van der Waals surface area contributed by atoms with Gasteiger partial charge in [0.25, 0.3) is 5.56 Å². The van der Waals surface area contributed by atoms with Crippen molar-refractivity contribution in [1.82, 2.24) is 14.1 Å². The molecule has 166 valence electrons. The van der Waals surface area contributed by atoms with Crippen molar-refractivity contribution in [3.63, 3.8) is 0 Å². The highest BCUT2D eigenvalue weighted by atomic mass is 32.2. The number of sulfone groups is 1. The van der Waals surface area contributed by atoms with Crippen LogP contribution >= 0.6 is 0 Å². The Morgan fingerprint density at radius 3 is 2.34 bits per heavy atom. The third kappa shape index (κ3) is 4.36. The summed E-state index contributed by atoms with van der Waals surface area (Å²) < 4.78 is 41.1. The SMILES string of the molecule is Cc1cc(-c2cc(CS(C)(=O)=O)c3nc(C)n(Cc4ccc(F)cc4)c3c2)cn(C)c1=O. The zero-order valence-corrected chi connectivity index (χ0v) is 19.2. The van der Waals surface area contributed by atoms with E-state index >= 15 is 0 Å². The summed E-state index contributed by atoms with van der Waals surface area (Å²) in [6, 6.07) is 11.9. The van der Waals surface area contributed by atoms with Gasteiger partial charge in [0.1, 0.15) is 11.6 Å². The van der Waals surface area contributed by atoms with E-state index < -0.39 is 9.84 Å². The zero-order chi connectivity index (χ0) is 23.2. The molecule has 32 heavy (non-hydrogen) atoms. The van der Waals surface area contributed by atoms with Crippen LogP contribution in [0.4, 0.5) is 4.39 Å². The molecule has 2 aromatic heterocycles. The minimum absolute atomic E-state index is 0.0802. The topological polar surface area (TPSA) is 74.0 Å². The van der Waals surface area contributed by atoms with Crippen molar-refractivity contribution < 1.29 is 12.8 Å². The lowest BCUT2D eigenvalue weighted by Crippen LogP contribution is -2.18. The average Bonchev–Trinajstić information content (AvgIpc) is 3.02. The normalized spacial score (nSPS) is 11.9. The highest BCUT2D eigenvalue weighted by Gasteiger charge is 2.18. The number of halogens is 1. The number of fused-ring (bicyclic) bond motifs is 1. The van der Waals surface area contributed by atoms with Crippen LogP contribution in [0, 0.1) is 19.7 Å². The van der Waals surface area contributed by atoms with E-state index in [0.29, 0.717) is 23.2 Å². The van der Waals surface area contributed by atoms with Crippen molar-refractivity contribution in [2.24, 2.45) is 7.05 Å². The molecular formula is C24H24FN3O3S. The maximum Gasteiger partial charge on any atom is 0.253 e. The third-order valence-electron chi connectivity index (χ3n) is 5.49. The number of nitrogens with zero attached hydrogens (tertiary/aromatic N) is 3. The quantitative estimate of drug-likeness (QED) is 0.461. The van der Waals surface area contributed by atoms with E-state index in [4.69, 9.17) is 0 Å². The van der Waals surface area contributed by atoms with Crippen LogP contribution < -0.4 is 5.56 Å². The van der Waals surface area contributed by atoms with E-state index in [2.05, 4.69) is 4.98 Å². The Kier molecular flexibility index (Phi) is 5.50. The molecule has 4 aromatic rings. The van der Waals surface area contributed by atoms with Crippen molar-refractivity contribution >= 4 is 20.9 Å². The summed E-state index contributed by atoms with van der Waals surface area (Å²) in [5.74, 6) is 0.284. The summed E-state index contributed by atoms with van der Waals surface area (Å²) in [5.41, 5.74) is 5.06. The molecule has 0 radical (unpaired) electrons. The Morgan fingerprint density at radius 1 is 1.03 bits per heavy atom. The molecule has 0 N–H and O–H groups in total. The molecule has 0 unspecified atom stereocenters. The lowest BCUT2D eigenvalue weighted by Gasteiger charge is -2.12. The second-order valence-corrected chi connectivity index (χ2v) is 10.4. The largest absolute Gasteiger partial charge is 0.324 e. The Hall–Kier alpha value is -3.26. The number of rotatable bonds is 5. The van der Waals surface area contributed by atoms with Gasteiger partial charge in [-0.2, -0.15) is 0 Å². The molecule has 0 spiro atoms. The predicted molar refractivity (Wildman–Crippen MR) is 124 cm³/mol. The van der Waals surface area contributed by atoms with Crippen molar-refractivity contribution in [2.45, 2.75) is 26.1 Å². The van der Waals surface area contributed by atoms with Gasteiger partial charge < -0.3 is 9.13 Å². The first kappa shape index (κ1) is 22.0. The molecule has 0 bridgehead atoms. The van der Waals surface area contributed by atoms with Crippen molar-refractivity contribution in [3.8, 4) is 11.1 Å². The van der Waals surface area contributed by atoms with Crippen LogP contribution in [0.15, 0.2) is 53.5 Å². The predicted octanol–water partition coefficient (Wildman–Crippen LogP) is 3.75. The van der Waals surface area contributed by atoms with Crippen LogP contribution in [0.25, 0.3) is 22.2 Å². The van der Waals surface area contributed by atoms with Crippen molar-refractivity contribution in [2.75, 3.05) is 6.26 Å². The molecule has 4 rings (SSSR count). The van der Waals surface area contributed by atoms with Gasteiger partial charge in [-0.05, 0) is 66.4 Å². The van der Waals surface area contributed by atoms with Crippen LogP contribution in [0.1, 0.15) is 22.5 Å². The van der Waals surface area contributed by atoms with E-state index in [1.807, 2.05) is 23.6 Å². The zero-order valence-electron chi connectivity index (χ0n) is 18.4. The molecule has 2 aromatic carbocycles. The Morgan fingerprint density at radius 2 is 1.72 bits per heavy atom. The van der Waals surface area contributed by atoms with Gasteiger partial charge in [-0.3, -0.25) is 4.79 Å². The number of imidazole rings is 1. The highest BCUT2D eigenvalue weighted by Crippen LogP contribution is 2.30. The van der Waals surface area contributed by atoms with Crippen LogP contribution in [0.2, 0.25) is 0 Å². The molecule has 2 heterocycles. The first-order valence-corrected chi connectivity index (χ1v) is 12.2. The molecule has 0 saturated carbocycles. The van der Waals surface area contributed by atoms with Gasteiger partial charge >= 0.3 is 0 Å². The average molecular weight is 454 g/mol. The number of aryl methyl sites for hydroxylation is 3. The molecule has 0 atom stereocenters. The molecule has 0 fully saturated rings. The van der Waals surface area contributed by atoms with Crippen molar-refractivity contribution in [1.29, 1.82) is 0 Å². The number of hydrogen-bond donors (Lipinski definition) is 0. The smallest absolute Gasteiger partial charge is 0.253 e. The number of hydrogen-bond acceptors (Lipinski definition) is 4. The molecule has 0 aliphatic heterocycles. The second kappa shape index (κ2) is 8.02. The Balaban J connectivity index is 1.95. The van der Waals surface area contributed by atoms with Gasteiger partial charge in [-0.15, -0.1) is 0 Å². The van der Waals surface area contributed by atoms with E-state index in [0.717, 1.165) is 28.0 Å². The fourth-order valence-electron chi connectivity index (χ4n) is 3.98. The summed E-state index contributed by atoms with van der Waals surface area (Å²) >= 11 is 0. The highest BCUT2D eigenvalue weighted by molar-refractivity contribution is 7.89. The summed E-state index contributed by atoms with van der Waals surface area (Å²) in [5, 5.41) is 0. The van der Waals surface area contributed by atoms with Gasteiger partial charge in [0.05, 0.1) is 16.8 Å². The van der Waals surface area contributed by atoms with Gasteiger partial charge in [0.2, 0.25) is 0 Å². The summed E-state index contributed by atoms with van der Waals surface area (Å²) in [7, 11) is -1.61. The lowest BCUT2D eigenvalue weighted by molar-refractivity contribution is 0.601. The molecule has 0 amide bonds. The Bertz CT molecular complexity index is 1470. The summed E-state index contributed by atoms with van der Waals surface area (Å²) in [6.07, 6.45) is 2.94. The first-order valence-electron chi connectivity index (χ1n) is 10.1. The molecule has 8 heteroatoms. The summed E-state index contributed by atoms with van der Waals surface area (Å²) in [4.78, 5) is 16.8. The number of aromatic nitrogens is 3. The fourth-order valence-corrected chi connectivity index (χ4v) is 4.76. The maximum atomic E-state index is 13.3. The molecule has 0 saturated heterocycles. The van der Waals surface area contributed by atoms with E-state index in [1.54, 1.807) is 38.4 Å². The van der Waals surface area contributed by atoms with Crippen LogP contribution in [-0.4, -0.2) is 28.8 Å². The molecule has 0 aliphatic rings. The molecule has 0 aliphatic carbocycles. The van der Waals surface area contributed by atoms with Crippen molar-refractivity contribution in [3.05, 3.63) is 87.3 Å².